The second-order valence-electron chi connectivity index (χ2n) is 3.84. The fourth-order valence-corrected chi connectivity index (χ4v) is 2.06. The summed E-state index contributed by atoms with van der Waals surface area (Å²) in [7, 11) is 0. The first-order chi connectivity index (χ1) is 7.67. The third-order valence-electron chi connectivity index (χ3n) is 3.03. The Labute approximate surface area is 92.1 Å². The largest absolute Gasteiger partial charge is 0.481 e. The number of halogens is 1. The smallest absolute Gasteiger partial charge is 0.314 e. The van der Waals surface area contributed by atoms with Crippen LogP contribution in [0.4, 0.5) is 4.39 Å². The molecule has 1 aromatic rings. The average molecular weight is 225 g/mol. The summed E-state index contributed by atoms with van der Waals surface area (Å²) in [6, 6.07) is 3.04. The van der Waals surface area contributed by atoms with Gasteiger partial charge in [-0.15, -0.1) is 0 Å². The fraction of sp³-hybridized carbons (Fsp3) is 0.455. The first-order valence-corrected chi connectivity index (χ1v) is 5.09. The lowest BCUT2D eigenvalue weighted by Gasteiger charge is -2.33. The van der Waals surface area contributed by atoms with Crippen molar-refractivity contribution in [3.8, 4) is 0 Å². The lowest BCUT2D eigenvalue weighted by molar-refractivity contribution is -0.148. The van der Waals surface area contributed by atoms with E-state index in [1.165, 1.54) is 12.3 Å². The number of hydrogen-bond donors (Lipinski definition) is 1. The third kappa shape index (κ3) is 1.67. The molecule has 2 heterocycles. The SMILES string of the molecule is O=C(O)C1(c2cccnc2F)CCOCC1. The molecule has 86 valence electrons. The van der Waals surface area contributed by atoms with Crippen molar-refractivity contribution in [2.45, 2.75) is 18.3 Å². The van der Waals surface area contributed by atoms with E-state index in [-0.39, 0.29) is 18.4 Å². The van der Waals surface area contributed by atoms with E-state index in [4.69, 9.17) is 4.74 Å². The van der Waals surface area contributed by atoms with Gasteiger partial charge in [-0.2, -0.15) is 4.39 Å². The van der Waals surface area contributed by atoms with E-state index in [2.05, 4.69) is 4.98 Å². The second kappa shape index (κ2) is 4.17. The fourth-order valence-electron chi connectivity index (χ4n) is 2.06. The maximum atomic E-state index is 13.6. The van der Waals surface area contributed by atoms with Gasteiger partial charge in [-0.05, 0) is 18.9 Å². The molecule has 0 spiro atoms. The number of carboxylic acid groups (broad SMARTS) is 1. The van der Waals surface area contributed by atoms with Gasteiger partial charge in [-0.1, -0.05) is 6.07 Å². The van der Waals surface area contributed by atoms with Crippen LogP contribution >= 0.6 is 0 Å². The van der Waals surface area contributed by atoms with Crippen molar-refractivity contribution in [1.29, 1.82) is 0 Å². The standard InChI is InChI=1S/C11H12FNO3/c12-9-8(2-1-5-13-9)11(10(14)15)3-6-16-7-4-11/h1-2,5H,3-4,6-7H2,(H,14,15). The summed E-state index contributed by atoms with van der Waals surface area (Å²) in [6.07, 6.45) is 1.88. The molecule has 0 radical (unpaired) electrons. The van der Waals surface area contributed by atoms with Crippen molar-refractivity contribution in [1.82, 2.24) is 4.98 Å². The molecular formula is C11H12FNO3. The summed E-state index contributed by atoms with van der Waals surface area (Å²) in [5.41, 5.74) is -1.03. The van der Waals surface area contributed by atoms with Crippen LogP contribution in [0.15, 0.2) is 18.3 Å². The summed E-state index contributed by atoms with van der Waals surface area (Å²) in [4.78, 5) is 14.9. The zero-order valence-corrected chi connectivity index (χ0v) is 8.65. The molecule has 1 fully saturated rings. The van der Waals surface area contributed by atoms with Gasteiger partial charge >= 0.3 is 5.97 Å². The van der Waals surface area contributed by atoms with Crippen molar-refractivity contribution in [3.63, 3.8) is 0 Å². The Kier molecular flexibility index (Phi) is 2.87. The number of carbonyl (C=O) groups is 1. The zero-order valence-electron chi connectivity index (χ0n) is 8.65. The molecule has 2 rings (SSSR count). The van der Waals surface area contributed by atoms with Gasteiger partial charge < -0.3 is 9.84 Å². The topological polar surface area (TPSA) is 59.4 Å². The van der Waals surface area contributed by atoms with Crippen LogP contribution in [0, 0.1) is 5.95 Å². The third-order valence-corrected chi connectivity index (χ3v) is 3.03. The maximum Gasteiger partial charge on any atom is 0.314 e. The van der Waals surface area contributed by atoms with E-state index in [0.717, 1.165) is 0 Å². The molecule has 0 aliphatic carbocycles. The van der Waals surface area contributed by atoms with Crippen molar-refractivity contribution in [2.24, 2.45) is 0 Å². The van der Waals surface area contributed by atoms with E-state index in [9.17, 15) is 14.3 Å². The van der Waals surface area contributed by atoms with Gasteiger partial charge in [0.05, 0.1) is 0 Å². The molecule has 16 heavy (non-hydrogen) atoms. The molecule has 0 amide bonds. The minimum atomic E-state index is -1.18. The molecule has 4 nitrogen and oxygen atoms in total. The zero-order chi connectivity index (χ0) is 11.6. The second-order valence-corrected chi connectivity index (χ2v) is 3.84. The van der Waals surface area contributed by atoms with Crippen molar-refractivity contribution < 1.29 is 19.0 Å². The number of aliphatic carboxylic acids is 1. The normalized spacial score (nSPS) is 19.3. The lowest BCUT2D eigenvalue weighted by atomic mass is 9.74. The van der Waals surface area contributed by atoms with Gasteiger partial charge in [-0.3, -0.25) is 4.79 Å². The van der Waals surface area contributed by atoms with Crippen LogP contribution in [-0.2, 0) is 14.9 Å². The van der Waals surface area contributed by atoms with Gasteiger partial charge in [0.25, 0.3) is 0 Å². The van der Waals surface area contributed by atoms with Crippen LogP contribution < -0.4 is 0 Å². The summed E-state index contributed by atoms with van der Waals surface area (Å²) in [6.45, 7) is 0.668. The number of hydrogen-bond acceptors (Lipinski definition) is 3. The molecular weight excluding hydrogens is 213 g/mol. The number of pyridine rings is 1. The molecule has 0 bridgehead atoms. The molecule has 1 saturated heterocycles. The van der Waals surface area contributed by atoms with E-state index < -0.39 is 17.3 Å². The van der Waals surface area contributed by atoms with Crippen LogP contribution in [0.2, 0.25) is 0 Å². The van der Waals surface area contributed by atoms with Gasteiger partial charge in [0.15, 0.2) is 0 Å². The number of rotatable bonds is 2. The Morgan fingerprint density at radius 1 is 1.50 bits per heavy atom. The Balaban J connectivity index is 2.47. The number of ether oxygens (including phenoxy) is 1. The first kappa shape index (κ1) is 11.0. The van der Waals surface area contributed by atoms with Crippen LogP contribution in [0.1, 0.15) is 18.4 Å². The Morgan fingerprint density at radius 2 is 2.19 bits per heavy atom. The molecule has 1 aliphatic rings. The van der Waals surface area contributed by atoms with Gasteiger partial charge in [0.2, 0.25) is 5.95 Å². The highest BCUT2D eigenvalue weighted by Crippen LogP contribution is 2.35. The van der Waals surface area contributed by atoms with E-state index in [1.807, 2.05) is 0 Å². The number of carboxylic acids is 1. The summed E-state index contributed by atoms with van der Waals surface area (Å²) < 4.78 is 18.7. The van der Waals surface area contributed by atoms with E-state index >= 15 is 0 Å². The quantitative estimate of drug-likeness (QED) is 0.772. The Hall–Kier alpha value is -1.49. The van der Waals surface area contributed by atoms with Crippen molar-refractivity contribution in [3.05, 3.63) is 29.8 Å². The highest BCUT2D eigenvalue weighted by Gasteiger charge is 2.44. The molecule has 0 saturated carbocycles. The van der Waals surface area contributed by atoms with E-state index in [1.54, 1.807) is 6.07 Å². The molecule has 1 aromatic heterocycles. The number of nitrogens with zero attached hydrogens (tertiary/aromatic N) is 1. The van der Waals surface area contributed by atoms with Crippen LogP contribution in [0.5, 0.6) is 0 Å². The van der Waals surface area contributed by atoms with Gasteiger partial charge in [0.1, 0.15) is 5.41 Å². The Bertz CT molecular complexity index is 402. The van der Waals surface area contributed by atoms with Gasteiger partial charge in [0, 0.05) is 25.0 Å². The predicted molar refractivity (Wildman–Crippen MR) is 53.6 cm³/mol. The van der Waals surface area contributed by atoms with Crippen LogP contribution in [-0.4, -0.2) is 29.3 Å². The molecule has 0 aromatic carbocycles. The molecule has 1 N–H and O–H groups in total. The van der Waals surface area contributed by atoms with Crippen LogP contribution in [0.3, 0.4) is 0 Å². The first-order valence-electron chi connectivity index (χ1n) is 5.09. The van der Waals surface area contributed by atoms with Crippen molar-refractivity contribution in [2.75, 3.05) is 13.2 Å². The molecule has 1 aliphatic heterocycles. The van der Waals surface area contributed by atoms with Crippen LogP contribution in [0.25, 0.3) is 0 Å². The predicted octanol–water partition coefficient (Wildman–Crippen LogP) is 1.35. The molecule has 0 unspecified atom stereocenters. The lowest BCUT2D eigenvalue weighted by Crippen LogP contribution is -2.42. The summed E-state index contributed by atoms with van der Waals surface area (Å²) >= 11 is 0. The highest BCUT2D eigenvalue weighted by atomic mass is 19.1. The highest BCUT2D eigenvalue weighted by molar-refractivity contribution is 5.81. The molecule has 0 atom stereocenters. The van der Waals surface area contributed by atoms with E-state index in [0.29, 0.717) is 13.2 Å². The molecule has 5 heteroatoms. The average Bonchev–Trinajstić information content (AvgIpc) is 2.30. The minimum Gasteiger partial charge on any atom is -0.481 e. The van der Waals surface area contributed by atoms with Gasteiger partial charge in [-0.25, -0.2) is 4.98 Å². The minimum absolute atomic E-state index is 0.158. The Morgan fingerprint density at radius 3 is 2.75 bits per heavy atom. The maximum absolute atomic E-state index is 13.6. The monoisotopic (exact) mass is 225 g/mol. The van der Waals surface area contributed by atoms with Crippen molar-refractivity contribution >= 4 is 5.97 Å². The summed E-state index contributed by atoms with van der Waals surface area (Å²) in [5, 5.41) is 9.32. The number of aromatic nitrogens is 1. The summed E-state index contributed by atoms with van der Waals surface area (Å²) in [5.74, 6) is -1.71.